The number of hydrogen-bond donors (Lipinski definition) is 2. The fourth-order valence-corrected chi connectivity index (χ4v) is 1.58. The maximum absolute atomic E-state index is 12.8. The Morgan fingerprint density at radius 3 is 1.82 bits per heavy atom. The molecule has 0 heterocycles. The number of carbonyl (C=O) groups is 3. The van der Waals surface area contributed by atoms with Crippen molar-refractivity contribution >= 4 is 28.0 Å². The van der Waals surface area contributed by atoms with Crippen LogP contribution in [0.2, 0.25) is 0 Å². The lowest BCUT2D eigenvalue weighted by Crippen LogP contribution is -2.52. The first-order valence-corrected chi connectivity index (χ1v) is 5.93. The summed E-state index contributed by atoms with van der Waals surface area (Å²) in [6.45, 7) is 0. The number of aliphatic carboxylic acids is 1. The Balaban J connectivity index is 4.71. The molecule has 0 radical (unpaired) electrons. The molecule has 0 aromatic rings. The van der Waals surface area contributed by atoms with Gasteiger partial charge in [0.15, 0.2) is 5.12 Å². The minimum absolute atomic E-state index is 0.573. The predicted octanol–water partition coefficient (Wildman–Crippen LogP) is 1.83. The first-order chi connectivity index (χ1) is 9.63. The van der Waals surface area contributed by atoms with Gasteiger partial charge in [0.2, 0.25) is 11.2 Å². The molecule has 5 nitrogen and oxygen atoms in total. The fraction of sp³-hybridized carbons (Fsp3) is 0.667. The number of rotatable bonds is 6. The number of aliphatic hydroxyl groups is 1. The Morgan fingerprint density at radius 2 is 1.45 bits per heavy atom. The van der Waals surface area contributed by atoms with Crippen molar-refractivity contribution in [3.8, 4) is 0 Å². The maximum Gasteiger partial charge on any atom is 0.459 e. The van der Waals surface area contributed by atoms with Crippen LogP contribution in [-0.2, 0) is 14.4 Å². The average molecular weight is 360 g/mol. The van der Waals surface area contributed by atoms with Crippen molar-refractivity contribution in [1.29, 1.82) is 0 Å². The van der Waals surface area contributed by atoms with Crippen molar-refractivity contribution in [2.75, 3.05) is 0 Å². The van der Waals surface area contributed by atoms with Gasteiger partial charge in [-0.05, 0) is 11.8 Å². The summed E-state index contributed by atoms with van der Waals surface area (Å²) >= 11 is -0.573. The Kier molecular flexibility index (Phi) is 6.39. The van der Waals surface area contributed by atoms with Crippen LogP contribution in [-0.4, -0.2) is 50.5 Å². The smallest absolute Gasteiger partial charge is 0.459 e. The Labute approximate surface area is 121 Å². The molecule has 0 saturated carbocycles. The number of carboxylic acid groups (broad SMARTS) is 1. The van der Waals surface area contributed by atoms with Crippen molar-refractivity contribution in [3.63, 3.8) is 0 Å². The van der Waals surface area contributed by atoms with Crippen LogP contribution in [0.1, 0.15) is 12.8 Å². The van der Waals surface area contributed by atoms with E-state index in [4.69, 9.17) is 10.2 Å². The van der Waals surface area contributed by atoms with Gasteiger partial charge in [0.05, 0.1) is 0 Å². The molecule has 1 unspecified atom stereocenters. The standard InChI is InChI=1S/C9H7F7O5S/c10-7(11,8(12,13)9(14,15)16)2-1-3(17)22-6(21)4(18)5(19)20/h4,18H,1-2H2,(H,19,20). The van der Waals surface area contributed by atoms with Crippen LogP contribution < -0.4 is 0 Å². The van der Waals surface area contributed by atoms with E-state index in [2.05, 4.69) is 0 Å². The highest BCUT2D eigenvalue weighted by Gasteiger charge is 2.72. The lowest BCUT2D eigenvalue weighted by atomic mass is 10.1. The number of carboxylic acids is 1. The quantitative estimate of drug-likeness (QED) is 0.555. The van der Waals surface area contributed by atoms with Crippen molar-refractivity contribution in [3.05, 3.63) is 0 Å². The molecule has 0 saturated heterocycles. The molecule has 0 rings (SSSR count). The monoisotopic (exact) mass is 360 g/mol. The van der Waals surface area contributed by atoms with Crippen molar-refractivity contribution in [2.24, 2.45) is 0 Å². The zero-order valence-electron chi connectivity index (χ0n) is 10.2. The van der Waals surface area contributed by atoms with E-state index < -0.39 is 64.9 Å². The molecule has 0 aromatic heterocycles. The molecule has 22 heavy (non-hydrogen) atoms. The van der Waals surface area contributed by atoms with E-state index in [-0.39, 0.29) is 0 Å². The van der Waals surface area contributed by atoms with Crippen LogP contribution >= 0.6 is 11.8 Å². The van der Waals surface area contributed by atoms with Gasteiger partial charge in [-0.1, -0.05) is 0 Å². The molecule has 13 heteroatoms. The fourth-order valence-electron chi connectivity index (χ4n) is 0.943. The van der Waals surface area contributed by atoms with Crippen LogP contribution in [0, 0.1) is 0 Å². The normalized spacial score (nSPS) is 14.5. The van der Waals surface area contributed by atoms with Crippen LogP contribution in [0.25, 0.3) is 0 Å². The molecule has 0 spiro atoms. The largest absolute Gasteiger partial charge is 0.479 e. The van der Waals surface area contributed by atoms with Crippen molar-refractivity contribution in [1.82, 2.24) is 0 Å². The first kappa shape index (κ1) is 20.6. The second-order valence-electron chi connectivity index (χ2n) is 3.81. The summed E-state index contributed by atoms with van der Waals surface area (Å²) in [6.07, 6.45) is -13.0. The van der Waals surface area contributed by atoms with E-state index in [0.717, 1.165) is 0 Å². The Hall–Kier alpha value is -1.37. The third-order valence-electron chi connectivity index (χ3n) is 2.13. The van der Waals surface area contributed by atoms with Gasteiger partial charge in [-0.2, -0.15) is 30.7 Å². The van der Waals surface area contributed by atoms with E-state index in [0.29, 0.717) is 0 Å². The lowest BCUT2D eigenvalue weighted by Gasteiger charge is -2.27. The first-order valence-electron chi connectivity index (χ1n) is 5.11. The van der Waals surface area contributed by atoms with E-state index >= 15 is 0 Å². The Morgan fingerprint density at radius 1 is 1.00 bits per heavy atom. The average Bonchev–Trinajstić information content (AvgIpc) is 2.33. The highest BCUT2D eigenvalue weighted by atomic mass is 32.2. The molecular formula is C9H7F7O5S. The van der Waals surface area contributed by atoms with E-state index in [1.54, 1.807) is 0 Å². The van der Waals surface area contributed by atoms with Crippen LogP contribution in [0.15, 0.2) is 0 Å². The lowest BCUT2D eigenvalue weighted by molar-refractivity contribution is -0.355. The summed E-state index contributed by atoms with van der Waals surface area (Å²) in [5, 5.41) is 13.6. The summed E-state index contributed by atoms with van der Waals surface area (Å²) in [6, 6.07) is 0. The number of carbonyl (C=O) groups excluding carboxylic acids is 2. The number of aliphatic hydroxyl groups excluding tert-OH is 1. The summed E-state index contributed by atoms with van der Waals surface area (Å²) in [5.41, 5.74) is 0. The van der Waals surface area contributed by atoms with E-state index in [1.165, 1.54) is 0 Å². The minimum Gasteiger partial charge on any atom is -0.479 e. The number of thioether (sulfide) groups is 1. The van der Waals surface area contributed by atoms with Crippen LogP contribution in [0.4, 0.5) is 30.7 Å². The second kappa shape index (κ2) is 6.81. The summed E-state index contributed by atoms with van der Waals surface area (Å²) in [4.78, 5) is 32.0. The van der Waals surface area contributed by atoms with Gasteiger partial charge in [0.25, 0.3) is 0 Å². The Bertz CT molecular complexity index is 462. The van der Waals surface area contributed by atoms with Crippen LogP contribution in [0.5, 0.6) is 0 Å². The molecule has 0 aliphatic carbocycles. The topological polar surface area (TPSA) is 91.7 Å². The molecule has 2 N–H and O–H groups in total. The number of hydrogen-bond acceptors (Lipinski definition) is 5. The van der Waals surface area contributed by atoms with Gasteiger partial charge in [0.1, 0.15) is 0 Å². The summed E-state index contributed by atoms with van der Waals surface area (Å²) < 4.78 is 86.0. The molecule has 0 bridgehead atoms. The number of alkyl halides is 7. The zero-order chi connectivity index (χ0) is 17.9. The molecule has 128 valence electrons. The minimum atomic E-state index is -6.54. The van der Waals surface area contributed by atoms with Gasteiger partial charge in [-0.25, -0.2) is 4.79 Å². The number of halogens is 7. The summed E-state index contributed by atoms with van der Waals surface area (Å²) in [7, 11) is 0. The molecular weight excluding hydrogens is 353 g/mol. The maximum atomic E-state index is 12.8. The van der Waals surface area contributed by atoms with Gasteiger partial charge >= 0.3 is 24.0 Å². The van der Waals surface area contributed by atoms with Gasteiger partial charge in [-0.15, -0.1) is 0 Å². The van der Waals surface area contributed by atoms with Gasteiger partial charge in [0, 0.05) is 12.8 Å². The zero-order valence-corrected chi connectivity index (χ0v) is 11.0. The molecule has 1 atom stereocenters. The molecule has 0 aromatic carbocycles. The third kappa shape index (κ3) is 4.83. The predicted molar refractivity (Wildman–Crippen MR) is 56.4 cm³/mol. The highest BCUT2D eigenvalue weighted by Crippen LogP contribution is 2.48. The van der Waals surface area contributed by atoms with Crippen molar-refractivity contribution in [2.45, 2.75) is 37.0 Å². The molecule has 0 fully saturated rings. The van der Waals surface area contributed by atoms with E-state index in [9.17, 15) is 45.1 Å². The van der Waals surface area contributed by atoms with E-state index in [1.807, 2.05) is 0 Å². The molecule has 0 aliphatic heterocycles. The van der Waals surface area contributed by atoms with Crippen LogP contribution in [0.3, 0.4) is 0 Å². The second-order valence-corrected chi connectivity index (χ2v) is 4.87. The SMILES string of the molecule is O=C(CCC(F)(F)C(F)(F)C(F)(F)F)SC(=O)C(O)C(=O)O. The van der Waals surface area contributed by atoms with Gasteiger partial charge < -0.3 is 10.2 Å². The molecule has 0 amide bonds. The molecule has 0 aliphatic rings. The third-order valence-corrected chi connectivity index (χ3v) is 2.99. The van der Waals surface area contributed by atoms with Gasteiger partial charge in [-0.3, -0.25) is 9.59 Å². The highest BCUT2D eigenvalue weighted by molar-refractivity contribution is 8.26. The van der Waals surface area contributed by atoms with Crippen molar-refractivity contribution < 1.29 is 55.3 Å². The summed E-state index contributed by atoms with van der Waals surface area (Å²) in [5.74, 6) is -14.0.